The molecule has 0 saturated heterocycles. The predicted octanol–water partition coefficient (Wildman–Crippen LogP) is 5.17. The average Bonchev–Trinajstić information content (AvgIpc) is 3.16. The number of H-pyrrole nitrogens is 1. The van der Waals surface area contributed by atoms with E-state index in [1.165, 1.54) is 16.7 Å². The fourth-order valence-corrected chi connectivity index (χ4v) is 3.45. The van der Waals surface area contributed by atoms with E-state index >= 15 is 0 Å². The number of hydrogen-bond acceptors (Lipinski definition) is 3. The van der Waals surface area contributed by atoms with Crippen molar-refractivity contribution >= 4 is 11.0 Å². The first-order valence-electron chi connectivity index (χ1n) is 10.2. The number of aromatic amines is 1. The zero-order chi connectivity index (χ0) is 19.9. The molecule has 1 aromatic heterocycles. The average molecular weight is 386 g/mol. The topological polar surface area (TPSA) is 49.9 Å². The van der Waals surface area contributed by atoms with Crippen LogP contribution in [0, 0.1) is 6.92 Å². The molecule has 0 atom stereocenters. The number of benzene rings is 3. The van der Waals surface area contributed by atoms with Gasteiger partial charge in [0, 0.05) is 18.5 Å². The summed E-state index contributed by atoms with van der Waals surface area (Å²) in [4.78, 5) is 8.03. The second-order valence-corrected chi connectivity index (χ2v) is 7.30. The highest BCUT2D eigenvalue weighted by molar-refractivity contribution is 5.74. The number of hydrogen-bond donors (Lipinski definition) is 2. The van der Waals surface area contributed by atoms with Crippen LogP contribution in [0.5, 0.6) is 5.75 Å². The van der Waals surface area contributed by atoms with Gasteiger partial charge in [-0.3, -0.25) is 0 Å². The molecule has 0 unspecified atom stereocenters. The summed E-state index contributed by atoms with van der Waals surface area (Å²) in [5.74, 6) is 2.00. The normalized spacial score (nSPS) is 11.1. The van der Waals surface area contributed by atoms with Gasteiger partial charge in [0.2, 0.25) is 0 Å². The van der Waals surface area contributed by atoms with Crippen LogP contribution < -0.4 is 10.1 Å². The molecule has 4 rings (SSSR count). The molecule has 3 aromatic carbocycles. The van der Waals surface area contributed by atoms with Crippen LogP contribution in [0.25, 0.3) is 11.0 Å². The van der Waals surface area contributed by atoms with Gasteiger partial charge in [0.25, 0.3) is 0 Å². The van der Waals surface area contributed by atoms with Gasteiger partial charge in [0.1, 0.15) is 18.2 Å². The number of fused-ring (bicyclic) bond motifs is 1. The van der Waals surface area contributed by atoms with Gasteiger partial charge in [-0.05, 0) is 49.2 Å². The fourth-order valence-electron chi connectivity index (χ4n) is 3.45. The summed E-state index contributed by atoms with van der Waals surface area (Å²) in [6, 6.07) is 24.8. The van der Waals surface area contributed by atoms with Gasteiger partial charge >= 0.3 is 0 Å². The highest BCUT2D eigenvalue weighted by Crippen LogP contribution is 2.20. The summed E-state index contributed by atoms with van der Waals surface area (Å²) in [7, 11) is 0. The Morgan fingerprint density at radius 2 is 1.66 bits per heavy atom. The molecular weight excluding hydrogens is 358 g/mol. The van der Waals surface area contributed by atoms with Crippen LogP contribution in [0.15, 0.2) is 72.8 Å². The summed E-state index contributed by atoms with van der Waals surface area (Å²) in [6.07, 6.45) is 1.97. The lowest BCUT2D eigenvalue weighted by Crippen LogP contribution is -2.16. The van der Waals surface area contributed by atoms with Gasteiger partial charge in [-0.2, -0.15) is 0 Å². The van der Waals surface area contributed by atoms with Gasteiger partial charge in [-0.1, -0.05) is 54.6 Å². The van der Waals surface area contributed by atoms with Crippen molar-refractivity contribution in [3.8, 4) is 5.75 Å². The monoisotopic (exact) mass is 385 g/mol. The van der Waals surface area contributed by atoms with E-state index in [9.17, 15) is 0 Å². The third kappa shape index (κ3) is 5.04. The zero-order valence-corrected chi connectivity index (χ0v) is 16.8. The molecule has 0 spiro atoms. The Kier molecular flexibility index (Phi) is 6.22. The van der Waals surface area contributed by atoms with E-state index in [1.54, 1.807) is 0 Å². The Labute approximate surface area is 172 Å². The molecule has 4 heteroatoms. The number of aryl methyl sites for hydroxylation is 2. The molecule has 0 aliphatic heterocycles. The molecule has 148 valence electrons. The zero-order valence-electron chi connectivity index (χ0n) is 16.8. The number of aromatic nitrogens is 2. The van der Waals surface area contributed by atoms with E-state index in [0.717, 1.165) is 48.5 Å². The molecule has 0 aliphatic carbocycles. The SMILES string of the molecule is Cc1ccccc1COc1ccccc1CNCCCc1nc2ccccc2[nH]1. The maximum Gasteiger partial charge on any atom is 0.124 e. The third-order valence-electron chi connectivity index (χ3n) is 5.14. The molecule has 4 nitrogen and oxygen atoms in total. The van der Waals surface area contributed by atoms with E-state index in [-0.39, 0.29) is 0 Å². The fraction of sp³-hybridized carbons (Fsp3) is 0.240. The van der Waals surface area contributed by atoms with Crippen LogP contribution >= 0.6 is 0 Å². The van der Waals surface area contributed by atoms with E-state index in [0.29, 0.717) is 6.61 Å². The predicted molar refractivity (Wildman–Crippen MR) is 118 cm³/mol. The second kappa shape index (κ2) is 9.39. The van der Waals surface area contributed by atoms with Crippen LogP contribution in [-0.4, -0.2) is 16.5 Å². The Morgan fingerprint density at radius 1 is 0.897 bits per heavy atom. The number of ether oxygens (including phenoxy) is 1. The number of rotatable bonds is 9. The summed E-state index contributed by atoms with van der Waals surface area (Å²) < 4.78 is 6.11. The first-order valence-corrected chi connectivity index (χ1v) is 10.2. The minimum Gasteiger partial charge on any atom is -0.489 e. The maximum atomic E-state index is 6.11. The highest BCUT2D eigenvalue weighted by Gasteiger charge is 2.05. The van der Waals surface area contributed by atoms with Crippen molar-refractivity contribution in [1.29, 1.82) is 0 Å². The van der Waals surface area contributed by atoms with Crippen molar-refractivity contribution in [2.45, 2.75) is 32.9 Å². The quantitative estimate of drug-likeness (QED) is 0.391. The number of imidazole rings is 1. The van der Waals surface area contributed by atoms with Crippen LogP contribution in [0.4, 0.5) is 0 Å². The van der Waals surface area contributed by atoms with Crippen molar-refractivity contribution in [1.82, 2.24) is 15.3 Å². The molecule has 4 aromatic rings. The molecule has 0 bridgehead atoms. The lowest BCUT2D eigenvalue weighted by Gasteiger charge is -2.13. The second-order valence-electron chi connectivity index (χ2n) is 7.30. The van der Waals surface area contributed by atoms with Crippen molar-refractivity contribution in [3.05, 3.63) is 95.3 Å². The van der Waals surface area contributed by atoms with Gasteiger partial charge < -0.3 is 15.0 Å². The summed E-state index contributed by atoms with van der Waals surface area (Å²) >= 11 is 0. The Morgan fingerprint density at radius 3 is 2.52 bits per heavy atom. The Hall–Kier alpha value is -3.11. The minimum absolute atomic E-state index is 0.593. The van der Waals surface area contributed by atoms with Crippen LogP contribution in [0.2, 0.25) is 0 Å². The summed E-state index contributed by atoms with van der Waals surface area (Å²) in [5.41, 5.74) is 5.81. The van der Waals surface area contributed by atoms with Crippen LogP contribution in [0.3, 0.4) is 0 Å². The van der Waals surface area contributed by atoms with Gasteiger partial charge in [-0.25, -0.2) is 4.98 Å². The van der Waals surface area contributed by atoms with E-state index in [1.807, 2.05) is 30.3 Å². The van der Waals surface area contributed by atoms with Crippen molar-refractivity contribution < 1.29 is 4.74 Å². The van der Waals surface area contributed by atoms with E-state index in [4.69, 9.17) is 4.74 Å². The maximum absolute atomic E-state index is 6.11. The van der Waals surface area contributed by atoms with Crippen molar-refractivity contribution in [2.75, 3.05) is 6.54 Å². The minimum atomic E-state index is 0.593. The highest BCUT2D eigenvalue weighted by atomic mass is 16.5. The number of nitrogens with zero attached hydrogens (tertiary/aromatic N) is 1. The molecule has 0 aliphatic rings. The largest absolute Gasteiger partial charge is 0.489 e. The Bertz CT molecular complexity index is 1040. The summed E-state index contributed by atoms with van der Waals surface area (Å²) in [5, 5.41) is 3.53. The van der Waals surface area contributed by atoms with E-state index in [2.05, 4.69) is 64.7 Å². The molecule has 1 heterocycles. The number of para-hydroxylation sites is 3. The number of nitrogens with one attached hydrogen (secondary N) is 2. The standard InChI is InChI=1S/C25H27N3O/c1-19-9-2-3-11-21(19)18-29-24-14-7-4-10-20(24)17-26-16-8-15-25-27-22-12-5-6-13-23(22)28-25/h2-7,9-14,26H,8,15-18H2,1H3,(H,27,28). The van der Waals surface area contributed by atoms with Gasteiger partial charge in [0.15, 0.2) is 0 Å². The summed E-state index contributed by atoms with van der Waals surface area (Å²) in [6.45, 7) is 4.44. The smallest absolute Gasteiger partial charge is 0.124 e. The Balaban J connectivity index is 1.26. The molecule has 29 heavy (non-hydrogen) atoms. The van der Waals surface area contributed by atoms with Crippen molar-refractivity contribution in [3.63, 3.8) is 0 Å². The van der Waals surface area contributed by atoms with Gasteiger partial charge in [-0.15, -0.1) is 0 Å². The van der Waals surface area contributed by atoms with Gasteiger partial charge in [0.05, 0.1) is 11.0 Å². The third-order valence-corrected chi connectivity index (χ3v) is 5.14. The van der Waals surface area contributed by atoms with Crippen molar-refractivity contribution in [2.24, 2.45) is 0 Å². The molecule has 0 radical (unpaired) electrons. The van der Waals surface area contributed by atoms with E-state index < -0.39 is 0 Å². The first-order chi connectivity index (χ1) is 14.3. The molecule has 2 N–H and O–H groups in total. The lowest BCUT2D eigenvalue weighted by molar-refractivity contribution is 0.301. The van der Waals surface area contributed by atoms with Crippen LogP contribution in [0.1, 0.15) is 28.9 Å². The first kappa shape index (κ1) is 19.2. The van der Waals surface area contributed by atoms with Crippen LogP contribution in [-0.2, 0) is 19.6 Å². The lowest BCUT2D eigenvalue weighted by atomic mass is 10.1. The molecule has 0 saturated carbocycles. The molecule has 0 fully saturated rings. The molecular formula is C25H27N3O. The molecule has 0 amide bonds.